The molecule has 1 heterocycles. The van der Waals surface area contributed by atoms with Crippen LogP contribution in [0.2, 0.25) is 0 Å². The van der Waals surface area contributed by atoms with Crippen LogP contribution < -0.4 is 5.73 Å². The van der Waals surface area contributed by atoms with Gasteiger partial charge in [-0.1, -0.05) is 0 Å². The van der Waals surface area contributed by atoms with E-state index in [1.165, 1.54) is 6.07 Å². The Morgan fingerprint density at radius 1 is 1.24 bits per heavy atom. The van der Waals surface area contributed by atoms with Crippen molar-refractivity contribution in [2.24, 2.45) is 5.73 Å². The van der Waals surface area contributed by atoms with E-state index in [0.29, 0.717) is 26.1 Å². The van der Waals surface area contributed by atoms with Gasteiger partial charge in [-0.25, -0.2) is 8.78 Å². The predicted molar refractivity (Wildman–Crippen MR) is 57.7 cm³/mol. The van der Waals surface area contributed by atoms with Gasteiger partial charge in [0.1, 0.15) is 0 Å². The number of Topliss-reactive ketones (excluding diaryl/α,β-unsaturated/α-hetero) is 1. The first-order valence-corrected chi connectivity index (χ1v) is 5.39. The molecule has 17 heavy (non-hydrogen) atoms. The molecule has 0 aromatic heterocycles. The standard InChI is InChI=1S/C12H13F2NO2/c13-9-2-1-8(7-10(9)14)11(16)12(15)3-5-17-6-4-12/h1-2,7H,3-6,15H2. The van der Waals surface area contributed by atoms with Crippen molar-refractivity contribution in [2.75, 3.05) is 13.2 Å². The molecule has 0 bridgehead atoms. The average molecular weight is 241 g/mol. The number of benzene rings is 1. The summed E-state index contributed by atoms with van der Waals surface area (Å²) in [4.78, 5) is 12.1. The number of carbonyl (C=O) groups is 1. The van der Waals surface area contributed by atoms with Crippen LogP contribution >= 0.6 is 0 Å². The summed E-state index contributed by atoms with van der Waals surface area (Å²) in [6, 6.07) is 3.08. The van der Waals surface area contributed by atoms with Gasteiger partial charge in [0.15, 0.2) is 17.4 Å². The topological polar surface area (TPSA) is 52.3 Å². The Bertz CT molecular complexity index is 442. The Hall–Kier alpha value is -1.33. The number of ketones is 1. The maximum atomic E-state index is 13.0. The average Bonchev–Trinajstić information content (AvgIpc) is 2.33. The van der Waals surface area contributed by atoms with Gasteiger partial charge in [0.25, 0.3) is 0 Å². The number of carbonyl (C=O) groups excluding carboxylic acids is 1. The van der Waals surface area contributed by atoms with Gasteiger partial charge in [-0.15, -0.1) is 0 Å². The van der Waals surface area contributed by atoms with Crippen molar-refractivity contribution in [3.63, 3.8) is 0 Å². The fraction of sp³-hybridized carbons (Fsp3) is 0.417. The van der Waals surface area contributed by atoms with Crippen molar-refractivity contribution in [2.45, 2.75) is 18.4 Å². The van der Waals surface area contributed by atoms with Gasteiger partial charge in [-0.3, -0.25) is 4.79 Å². The zero-order valence-corrected chi connectivity index (χ0v) is 9.21. The van der Waals surface area contributed by atoms with Crippen LogP contribution in [-0.2, 0) is 4.74 Å². The van der Waals surface area contributed by atoms with E-state index in [0.717, 1.165) is 12.1 Å². The molecule has 1 aliphatic rings. The quantitative estimate of drug-likeness (QED) is 0.801. The van der Waals surface area contributed by atoms with Crippen molar-refractivity contribution in [3.05, 3.63) is 35.4 Å². The molecule has 5 heteroatoms. The monoisotopic (exact) mass is 241 g/mol. The molecule has 0 spiro atoms. The van der Waals surface area contributed by atoms with E-state index in [1.54, 1.807) is 0 Å². The molecule has 1 aliphatic heterocycles. The molecule has 3 nitrogen and oxygen atoms in total. The zero-order chi connectivity index (χ0) is 12.5. The van der Waals surface area contributed by atoms with Crippen LogP contribution in [0.4, 0.5) is 8.78 Å². The maximum absolute atomic E-state index is 13.0. The lowest BCUT2D eigenvalue weighted by Crippen LogP contribution is -2.51. The molecule has 1 saturated heterocycles. The molecular formula is C12H13F2NO2. The summed E-state index contributed by atoms with van der Waals surface area (Å²) in [5.74, 6) is -2.37. The molecule has 0 amide bonds. The van der Waals surface area contributed by atoms with Crippen LogP contribution in [0, 0.1) is 11.6 Å². The van der Waals surface area contributed by atoms with E-state index < -0.39 is 17.2 Å². The van der Waals surface area contributed by atoms with E-state index in [4.69, 9.17) is 10.5 Å². The fourth-order valence-corrected chi connectivity index (χ4v) is 1.89. The smallest absolute Gasteiger partial charge is 0.182 e. The third kappa shape index (κ3) is 2.35. The van der Waals surface area contributed by atoms with Gasteiger partial charge in [0, 0.05) is 18.8 Å². The molecule has 92 valence electrons. The summed E-state index contributed by atoms with van der Waals surface area (Å²) in [6.45, 7) is 0.817. The van der Waals surface area contributed by atoms with Crippen molar-refractivity contribution < 1.29 is 18.3 Å². The molecule has 0 radical (unpaired) electrons. The van der Waals surface area contributed by atoms with Crippen LogP contribution in [-0.4, -0.2) is 24.5 Å². The maximum Gasteiger partial charge on any atom is 0.182 e. The van der Waals surface area contributed by atoms with Crippen LogP contribution in [0.25, 0.3) is 0 Å². The Morgan fingerprint density at radius 2 is 1.88 bits per heavy atom. The highest BCUT2D eigenvalue weighted by atomic mass is 19.2. The van der Waals surface area contributed by atoms with Gasteiger partial charge in [-0.2, -0.15) is 0 Å². The summed E-state index contributed by atoms with van der Waals surface area (Å²) in [5.41, 5.74) is 5.06. The van der Waals surface area contributed by atoms with E-state index >= 15 is 0 Å². The molecule has 1 aromatic carbocycles. The van der Waals surface area contributed by atoms with E-state index in [-0.39, 0.29) is 11.3 Å². The largest absolute Gasteiger partial charge is 0.381 e. The second kappa shape index (κ2) is 4.50. The molecule has 0 saturated carbocycles. The van der Waals surface area contributed by atoms with Crippen molar-refractivity contribution in [1.82, 2.24) is 0 Å². The van der Waals surface area contributed by atoms with E-state index in [2.05, 4.69) is 0 Å². The summed E-state index contributed by atoms with van der Waals surface area (Å²) in [6.07, 6.45) is 0.787. The number of halogens is 2. The summed E-state index contributed by atoms with van der Waals surface area (Å²) < 4.78 is 30.9. The van der Waals surface area contributed by atoms with Crippen LogP contribution in [0.3, 0.4) is 0 Å². The van der Waals surface area contributed by atoms with Crippen molar-refractivity contribution >= 4 is 5.78 Å². The number of hydrogen-bond acceptors (Lipinski definition) is 3. The predicted octanol–water partition coefficient (Wildman–Crippen LogP) is 1.66. The summed E-state index contributed by atoms with van der Waals surface area (Å²) in [7, 11) is 0. The Morgan fingerprint density at radius 3 is 2.47 bits per heavy atom. The minimum absolute atomic E-state index is 0.105. The molecule has 0 unspecified atom stereocenters. The highest BCUT2D eigenvalue weighted by molar-refractivity contribution is 6.03. The number of rotatable bonds is 2. The lowest BCUT2D eigenvalue weighted by molar-refractivity contribution is 0.0447. The summed E-state index contributed by atoms with van der Waals surface area (Å²) in [5, 5.41) is 0. The van der Waals surface area contributed by atoms with Gasteiger partial charge in [0.05, 0.1) is 5.54 Å². The SMILES string of the molecule is NC1(C(=O)c2ccc(F)c(F)c2)CCOCC1. The molecule has 1 aromatic rings. The van der Waals surface area contributed by atoms with E-state index in [1.807, 2.05) is 0 Å². The fourth-order valence-electron chi connectivity index (χ4n) is 1.89. The highest BCUT2D eigenvalue weighted by Gasteiger charge is 2.36. The Labute approximate surface area is 97.6 Å². The van der Waals surface area contributed by atoms with Crippen LogP contribution in [0.5, 0.6) is 0 Å². The molecule has 1 fully saturated rings. The van der Waals surface area contributed by atoms with Gasteiger partial charge in [0.2, 0.25) is 0 Å². The minimum atomic E-state index is -1.04. The third-order valence-corrected chi connectivity index (χ3v) is 3.02. The zero-order valence-electron chi connectivity index (χ0n) is 9.21. The second-order valence-corrected chi connectivity index (χ2v) is 4.23. The van der Waals surface area contributed by atoms with Gasteiger partial charge < -0.3 is 10.5 Å². The highest BCUT2D eigenvalue weighted by Crippen LogP contribution is 2.23. The normalized spacial score (nSPS) is 19.0. The molecule has 0 atom stereocenters. The van der Waals surface area contributed by atoms with Gasteiger partial charge >= 0.3 is 0 Å². The number of hydrogen-bond donors (Lipinski definition) is 1. The first kappa shape index (κ1) is 12.1. The Balaban J connectivity index is 2.26. The van der Waals surface area contributed by atoms with E-state index in [9.17, 15) is 13.6 Å². The number of ether oxygens (including phenoxy) is 1. The number of nitrogens with two attached hydrogens (primary N) is 1. The van der Waals surface area contributed by atoms with Gasteiger partial charge in [-0.05, 0) is 31.0 Å². The lowest BCUT2D eigenvalue weighted by Gasteiger charge is -2.31. The molecular weight excluding hydrogens is 228 g/mol. The van der Waals surface area contributed by atoms with Crippen LogP contribution in [0.1, 0.15) is 23.2 Å². The Kier molecular flexibility index (Phi) is 3.22. The van der Waals surface area contributed by atoms with Crippen molar-refractivity contribution in [1.29, 1.82) is 0 Å². The van der Waals surface area contributed by atoms with Crippen molar-refractivity contribution in [3.8, 4) is 0 Å². The molecule has 2 rings (SSSR count). The second-order valence-electron chi connectivity index (χ2n) is 4.23. The third-order valence-electron chi connectivity index (χ3n) is 3.02. The lowest BCUT2D eigenvalue weighted by atomic mass is 9.83. The van der Waals surface area contributed by atoms with Crippen LogP contribution in [0.15, 0.2) is 18.2 Å². The first-order chi connectivity index (χ1) is 8.03. The minimum Gasteiger partial charge on any atom is -0.381 e. The first-order valence-electron chi connectivity index (χ1n) is 5.39. The molecule has 0 aliphatic carbocycles. The molecule has 2 N–H and O–H groups in total. The summed E-state index contributed by atoms with van der Waals surface area (Å²) >= 11 is 0.